The van der Waals surface area contributed by atoms with E-state index in [4.69, 9.17) is 14.3 Å². The van der Waals surface area contributed by atoms with Crippen LogP contribution in [0.3, 0.4) is 0 Å². The summed E-state index contributed by atoms with van der Waals surface area (Å²) in [6.45, 7) is 1.81. The molecule has 0 aliphatic heterocycles. The van der Waals surface area contributed by atoms with E-state index in [1.54, 1.807) is 42.7 Å². The minimum atomic E-state index is -3.83. The van der Waals surface area contributed by atoms with Crippen molar-refractivity contribution in [2.45, 2.75) is 24.5 Å². The predicted molar refractivity (Wildman–Crippen MR) is 114 cm³/mol. The number of carbonyl (C=O) groups excluding carboxylic acids is 2. The van der Waals surface area contributed by atoms with Gasteiger partial charge in [0, 0.05) is 11.4 Å². The number of furan rings is 1. The molecule has 0 radical (unpaired) electrons. The number of anilines is 2. The highest BCUT2D eigenvalue weighted by Gasteiger charge is 2.21. The van der Waals surface area contributed by atoms with Gasteiger partial charge < -0.3 is 19.8 Å². The summed E-state index contributed by atoms with van der Waals surface area (Å²) in [5, 5.41) is 10.7. The highest BCUT2D eigenvalue weighted by Crippen LogP contribution is 2.19. The third-order valence-electron chi connectivity index (χ3n) is 4.28. The first-order valence-corrected chi connectivity index (χ1v) is 10.8. The number of benzene rings is 2. The Morgan fingerprint density at radius 1 is 1.06 bits per heavy atom. The molecule has 2 aromatic carbocycles. The number of hydrogen-bond acceptors (Lipinski definition) is 7. The van der Waals surface area contributed by atoms with Crippen molar-refractivity contribution in [2.24, 2.45) is 5.14 Å². The lowest BCUT2D eigenvalue weighted by atomic mass is 10.1. The number of rotatable bonds is 8. The van der Waals surface area contributed by atoms with Gasteiger partial charge in [-0.25, -0.2) is 18.4 Å². The quantitative estimate of drug-likeness (QED) is 0.455. The second-order valence-electron chi connectivity index (χ2n) is 6.58. The molecule has 0 aliphatic rings. The molecule has 10 heteroatoms. The number of carbonyl (C=O) groups is 2. The van der Waals surface area contributed by atoms with Crippen LogP contribution in [0.5, 0.6) is 0 Å². The Kier molecular flexibility index (Phi) is 6.73. The molecule has 0 bridgehead atoms. The molecule has 1 atom stereocenters. The Bertz CT molecular complexity index is 1160. The average Bonchev–Trinajstić information content (AvgIpc) is 3.25. The predicted octanol–water partition coefficient (Wildman–Crippen LogP) is 2.72. The van der Waals surface area contributed by atoms with Gasteiger partial charge in [-0.05, 0) is 55.5 Å². The van der Waals surface area contributed by atoms with E-state index in [9.17, 15) is 18.0 Å². The number of esters is 1. The molecule has 31 heavy (non-hydrogen) atoms. The Labute approximate surface area is 179 Å². The van der Waals surface area contributed by atoms with Crippen LogP contribution >= 0.6 is 0 Å². The van der Waals surface area contributed by atoms with Crippen LogP contribution in [-0.2, 0) is 26.1 Å². The monoisotopic (exact) mass is 443 g/mol. The van der Waals surface area contributed by atoms with Gasteiger partial charge in [0.15, 0.2) is 6.10 Å². The molecule has 4 N–H and O–H groups in total. The molecule has 1 heterocycles. The first kappa shape index (κ1) is 22.1. The molecule has 0 saturated heterocycles. The van der Waals surface area contributed by atoms with Crippen LogP contribution in [0.15, 0.2) is 76.2 Å². The van der Waals surface area contributed by atoms with Gasteiger partial charge in [-0.15, -0.1) is 0 Å². The molecule has 0 saturated carbocycles. The van der Waals surface area contributed by atoms with Crippen LogP contribution in [0.1, 0.15) is 23.0 Å². The maximum Gasteiger partial charge on any atom is 0.341 e. The Balaban J connectivity index is 1.61. The van der Waals surface area contributed by atoms with Crippen LogP contribution < -0.4 is 15.8 Å². The van der Waals surface area contributed by atoms with Gasteiger partial charge in [-0.1, -0.05) is 12.1 Å². The molecule has 9 nitrogen and oxygen atoms in total. The summed E-state index contributed by atoms with van der Waals surface area (Å²) in [5.74, 6) is -0.545. The summed E-state index contributed by atoms with van der Waals surface area (Å²) >= 11 is 0. The molecule has 0 unspecified atom stereocenters. The van der Waals surface area contributed by atoms with Gasteiger partial charge in [-0.3, -0.25) is 4.79 Å². The van der Waals surface area contributed by atoms with Crippen molar-refractivity contribution in [3.63, 3.8) is 0 Å². The molecule has 0 fully saturated rings. The fourth-order valence-electron chi connectivity index (χ4n) is 2.66. The summed E-state index contributed by atoms with van der Waals surface area (Å²) in [5.41, 5.74) is 1.14. The molecule has 1 aromatic heterocycles. The average molecular weight is 443 g/mol. The molecule has 0 aliphatic carbocycles. The topological polar surface area (TPSA) is 141 Å². The Hall–Kier alpha value is -3.63. The smallest absolute Gasteiger partial charge is 0.341 e. The van der Waals surface area contributed by atoms with Crippen LogP contribution in [-0.4, -0.2) is 26.4 Å². The maximum atomic E-state index is 12.6. The normalized spacial score (nSPS) is 12.1. The van der Waals surface area contributed by atoms with Crippen molar-refractivity contribution >= 4 is 33.3 Å². The zero-order chi connectivity index (χ0) is 22.4. The fourth-order valence-corrected chi connectivity index (χ4v) is 3.18. The Morgan fingerprint density at radius 3 is 2.42 bits per heavy atom. The van der Waals surface area contributed by atoms with Crippen molar-refractivity contribution in [1.82, 2.24) is 0 Å². The van der Waals surface area contributed by atoms with Gasteiger partial charge >= 0.3 is 5.97 Å². The van der Waals surface area contributed by atoms with Crippen LogP contribution in [0, 0.1) is 0 Å². The van der Waals surface area contributed by atoms with E-state index < -0.39 is 28.0 Å². The van der Waals surface area contributed by atoms with E-state index in [1.165, 1.54) is 31.2 Å². The second-order valence-corrected chi connectivity index (χ2v) is 8.15. The number of amides is 1. The molecular weight excluding hydrogens is 422 g/mol. The number of sulfonamides is 1. The standard InChI is InChI=1S/C21H21N3O6S/c1-14(20(25)24-15-8-10-17(11-9-15)31(22,27)28)30-21(26)18-6-2-3-7-19(18)23-13-16-5-4-12-29-16/h2-12,14,23H,13H2,1H3,(H,24,25)(H2,22,27,28)/t14-/m1/s1. The first-order chi connectivity index (χ1) is 14.7. The van der Waals surface area contributed by atoms with E-state index in [2.05, 4.69) is 10.6 Å². The van der Waals surface area contributed by atoms with Crippen LogP contribution in [0.4, 0.5) is 11.4 Å². The maximum absolute atomic E-state index is 12.6. The van der Waals surface area contributed by atoms with Gasteiger partial charge in [0.2, 0.25) is 10.0 Å². The van der Waals surface area contributed by atoms with E-state index in [0.29, 0.717) is 23.7 Å². The number of para-hydroxylation sites is 1. The summed E-state index contributed by atoms with van der Waals surface area (Å²) in [6.07, 6.45) is 0.462. The number of hydrogen-bond donors (Lipinski definition) is 3. The lowest BCUT2D eigenvalue weighted by Gasteiger charge is -2.15. The fraction of sp³-hybridized carbons (Fsp3) is 0.143. The molecule has 3 aromatic rings. The zero-order valence-electron chi connectivity index (χ0n) is 16.6. The van der Waals surface area contributed by atoms with Gasteiger partial charge in [0.25, 0.3) is 5.91 Å². The zero-order valence-corrected chi connectivity index (χ0v) is 17.4. The SMILES string of the molecule is C[C@@H](OC(=O)c1ccccc1NCc1ccco1)C(=O)Nc1ccc(S(N)(=O)=O)cc1. The molecule has 0 spiro atoms. The number of ether oxygens (including phenoxy) is 1. The minimum absolute atomic E-state index is 0.0800. The van der Waals surface area contributed by atoms with Crippen LogP contribution in [0.25, 0.3) is 0 Å². The number of primary sulfonamides is 1. The van der Waals surface area contributed by atoms with Gasteiger partial charge in [0.1, 0.15) is 5.76 Å². The number of nitrogens with one attached hydrogen (secondary N) is 2. The van der Waals surface area contributed by atoms with E-state index in [0.717, 1.165) is 0 Å². The van der Waals surface area contributed by atoms with Crippen molar-refractivity contribution in [2.75, 3.05) is 10.6 Å². The van der Waals surface area contributed by atoms with E-state index in [-0.39, 0.29) is 10.5 Å². The molecule has 162 valence electrons. The summed E-state index contributed by atoms with van der Waals surface area (Å²) < 4.78 is 33.1. The van der Waals surface area contributed by atoms with Gasteiger partial charge in [0.05, 0.1) is 23.3 Å². The summed E-state index contributed by atoms with van der Waals surface area (Å²) in [7, 11) is -3.83. The largest absolute Gasteiger partial charge is 0.467 e. The lowest BCUT2D eigenvalue weighted by Crippen LogP contribution is -2.30. The van der Waals surface area contributed by atoms with Crippen molar-refractivity contribution in [3.8, 4) is 0 Å². The first-order valence-electron chi connectivity index (χ1n) is 9.24. The van der Waals surface area contributed by atoms with E-state index in [1.807, 2.05) is 0 Å². The third kappa shape index (κ3) is 5.93. The molecule has 3 rings (SSSR count). The lowest BCUT2D eigenvalue weighted by molar-refractivity contribution is -0.123. The van der Waals surface area contributed by atoms with E-state index >= 15 is 0 Å². The molecule has 1 amide bonds. The van der Waals surface area contributed by atoms with Crippen molar-refractivity contribution in [3.05, 3.63) is 78.3 Å². The number of nitrogens with two attached hydrogens (primary N) is 1. The van der Waals surface area contributed by atoms with Gasteiger partial charge in [-0.2, -0.15) is 0 Å². The second kappa shape index (κ2) is 9.45. The van der Waals surface area contributed by atoms with Crippen LogP contribution in [0.2, 0.25) is 0 Å². The minimum Gasteiger partial charge on any atom is -0.467 e. The highest BCUT2D eigenvalue weighted by atomic mass is 32.2. The molecular formula is C21H21N3O6S. The van der Waals surface area contributed by atoms with Crippen molar-refractivity contribution in [1.29, 1.82) is 0 Å². The Morgan fingerprint density at radius 2 is 1.77 bits per heavy atom. The third-order valence-corrected chi connectivity index (χ3v) is 5.21. The summed E-state index contributed by atoms with van der Waals surface area (Å²) in [4.78, 5) is 24.9. The summed E-state index contributed by atoms with van der Waals surface area (Å²) in [6, 6.07) is 15.6. The highest BCUT2D eigenvalue weighted by molar-refractivity contribution is 7.89. The van der Waals surface area contributed by atoms with Crippen molar-refractivity contribution < 1.29 is 27.2 Å².